The molecule has 1 atom stereocenters. The Morgan fingerprint density at radius 3 is 2.95 bits per heavy atom. The van der Waals surface area contributed by atoms with Crippen LogP contribution in [0.4, 0.5) is 23.0 Å². The van der Waals surface area contributed by atoms with E-state index in [1.54, 1.807) is 6.20 Å². The van der Waals surface area contributed by atoms with E-state index in [4.69, 9.17) is 9.72 Å². The zero-order valence-electron chi connectivity index (χ0n) is 21.0. The van der Waals surface area contributed by atoms with E-state index in [1.165, 1.54) is 0 Å². The van der Waals surface area contributed by atoms with E-state index in [0.717, 1.165) is 70.4 Å². The van der Waals surface area contributed by atoms with Gasteiger partial charge < -0.3 is 24.3 Å². The molecule has 1 saturated heterocycles. The van der Waals surface area contributed by atoms with Gasteiger partial charge >= 0.3 is 0 Å². The van der Waals surface area contributed by atoms with Crippen LogP contribution in [0.1, 0.15) is 0 Å². The van der Waals surface area contributed by atoms with Gasteiger partial charge in [-0.05, 0) is 30.3 Å². The average molecular weight is 516 g/mol. The number of imidazole rings is 1. The van der Waals surface area contributed by atoms with E-state index in [2.05, 4.69) is 71.7 Å². The molecule has 1 fully saturated rings. The number of pyridine rings is 1. The van der Waals surface area contributed by atoms with Gasteiger partial charge in [0.25, 0.3) is 0 Å². The molecule has 6 heterocycles. The van der Waals surface area contributed by atoms with Crippen molar-refractivity contribution in [2.75, 3.05) is 41.4 Å². The second kappa shape index (κ2) is 8.73. The SMILES string of the molecule is c1ccc(N2CCN3c4ccc(Nc5nc(-c6ccc7cn[nH]c7c6)cn6ccnc56)cc4OCC3C2)nc1. The molecule has 8 rings (SSSR count). The Morgan fingerprint density at radius 2 is 2.00 bits per heavy atom. The summed E-state index contributed by atoms with van der Waals surface area (Å²) in [6, 6.07) is 18.8. The number of aromatic nitrogens is 6. The standard InChI is InChI=1S/C29H25N9O/c1-2-8-30-27(3-1)36-11-12-38-22(16-36)18-39-26-14-21(6-7-25(26)38)33-28-29-31-9-10-37(29)17-24(34-28)19-4-5-20-15-32-35-23(20)13-19/h1-10,13-15,17,22H,11-12,16,18H2,(H,32,35)(H,33,34). The Morgan fingerprint density at radius 1 is 1.00 bits per heavy atom. The molecule has 192 valence electrons. The van der Waals surface area contributed by atoms with E-state index < -0.39 is 0 Å². The van der Waals surface area contributed by atoms with Crippen LogP contribution in [-0.2, 0) is 0 Å². The Kier molecular flexibility index (Phi) is 4.90. The fourth-order valence-corrected chi connectivity index (χ4v) is 5.58. The first-order chi connectivity index (χ1) is 19.3. The largest absolute Gasteiger partial charge is 0.489 e. The van der Waals surface area contributed by atoms with E-state index in [9.17, 15) is 0 Å². The number of piperazine rings is 1. The van der Waals surface area contributed by atoms with Crippen molar-refractivity contribution in [3.63, 3.8) is 0 Å². The first-order valence-corrected chi connectivity index (χ1v) is 13.0. The molecule has 0 radical (unpaired) electrons. The number of rotatable bonds is 4. The summed E-state index contributed by atoms with van der Waals surface area (Å²) in [4.78, 5) is 18.8. The molecule has 10 nitrogen and oxygen atoms in total. The number of nitrogens with one attached hydrogen (secondary N) is 2. The minimum absolute atomic E-state index is 0.280. The molecule has 1 unspecified atom stereocenters. The summed E-state index contributed by atoms with van der Waals surface area (Å²) in [5, 5.41) is 11.7. The summed E-state index contributed by atoms with van der Waals surface area (Å²) in [5.74, 6) is 2.58. The summed E-state index contributed by atoms with van der Waals surface area (Å²) in [6.07, 6.45) is 9.37. The van der Waals surface area contributed by atoms with Gasteiger partial charge in [0, 0.05) is 67.1 Å². The van der Waals surface area contributed by atoms with Crippen LogP contribution in [0.25, 0.3) is 27.8 Å². The van der Waals surface area contributed by atoms with Crippen molar-refractivity contribution in [2.24, 2.45) is 0 Å². The van der Waals surface area contributed by atoms with Crippen LogP contribution in [0.3, 0.4) is 0 Å². The maximum absolute atomic E-state index is 6.27. The maximum atomic E-state index is 6.27. The Bertz CT molecular complexity index is 1810. The highest BCUT2D eigenvalue weighted by atomic mass is 16.5. The highest BCUT2D eigenvalue weighted by Crippen LogP contribution is 2.38. The van der Waals surface area contributed by atoms with Gasteiger partial charge in [0.2, 0.25) is 0 Å². The minimum atomic E-state index is 0.280. The zero-order valence-corrected chi connectivity index (χ0v) is 21.0. The maximum Gasteiger partial charge on any atom is 0.180 e. The number of H-pyrrole nitrogens is 1. The number of ether oxygens (including phenoxy) is 1. The highest BCUT2D eigenvalue weighted by molar-refractivity contribution is 5.84. The van der Waals surface area contributed by atoms with Gasteiger partial charge in [0.1, 0.15) is 18.2 Å². The van der Waals surface area contributed by atoms with Crippen molar-refractivity contribution >= 4 is 39.6 Å². The zero-order chi connectivity index (χ0) is 25.8. The van der Waals surface area contributed by atoms with Gasteiger partial charge in [0.05, 0.1) is 29.1 Å². The Balaban J connectivity index is 1.08. The number of aromatic amines is 1. The van der Waals surface area contributed by atoms with Crippen LogP contribution in [0.5, 0.6) is 5.75 Å². The van der Waals surface area contributed by atoms with E-state index in [-0.39, 0.29) is 6.04 Å². The fourth-order valence-electron chi connectivity index (χ4n) is 5.58. The predicted octanol–water partition coefficient (Wildman–Crippen LogP) is 4.50. The van der Waals surface area contributed by atoms with Gasteiger partial charge in [-0.15, -0.1) is 0 Å². The van der Waals surface area contributed by atoms with Crippen LogP contribution in [0.2, 0.25) is 0 Å². The first kappa shape index (κ1) is 21.9. The molecule has 6 aromatic rings. The van der Waals surface area contributed by atoms with Gasteiger partial charge in [-0.1, -0.05) is 18.2 Å². The van der Waals surface area contributed by atoms with Crippen molar-refractivity contribution in [3.8, 4) is 17.0 Å². The number of benzene rings is 2. The molecule has 0 aliphatic carbocycles. The normalized spacial score (nSPS) is 16.7. The summed E-state index contributed by atoms with van der Waals surface area (Å²) in [5.41, 5.74) is 5.58. The van der Waals surface area contributed by atoms with Crippen molar-refractivity contribution in [1.29, 1.82) is 0 Å². The van der Waals surface area contributed by atoms with Crippen molar-refractivity contribution < 1.29 is 4.74 Å². The van der Waals surface area contributed by atoms with Crippen LogP contribution in [0.15, 0.2) is 85.6 Å². The van der Waals surface area contributed by atoms with Gasteiger partial charge in [0.15, 0.2) is 11.5 Å². The lowest BCUT2D eigenvalue weighted by Gasteiger charge is -2.46. The Hall–Kier alpha value is -5.12. The molecule has 39 heavy (non-hydrogen) atoms. The first-order valence-electron chi connectivity index (χ1n) is 13.0. The predicted molar refractivity (Wildman–Crippen MR) is 151 cm³/mol. The molecule has 2 aliphatic rings. The molecule has 2 aliphatic heterocycles. The van der Waals surface area contributed by atoms with Crippen LogP contribution in [0, 0.1) is 0 Å². The fraction of sp³-hybridized carbons (Fsp3) is 0.172. The quantitative estimate of drug-likeness (QED) is 0.354. The molecular formula is C29H25N9O. The number of hydrogen-bond donors (Lipinski definition) is 2. The lowest BCUT2D eigenvalue weighted by Crippen LogP contribution is -2.57. The third kappa shape index (κ3) is 3.80. The van der Waals surface area contributed by atoms with E-state index >= 15 is 0 Å². The second-order valence-electron chi connectivity index (χ2n) is 9.90. The Labute approximate surface area is 223 Å². The monoisotopic (exact) mass is 515 g/mol. The van der Waals surface area contributed by atoms with E-state index in [1.807, 2.05) is 47.4 Å². The molecule has 0 spiro atoms. The minimum Gasteiger partial charge on any atom is -0.489 e. The molecule has 0 saturated carbocycles. The molecule has 10 heteroatoms. The second-order valence-corrected chi connectivity index (χ2v) is 9.90. The third-order valence-corrected chi connectivity index (χ3v) is 7.53. The summed E-state index contributed by atoms with van der Waals surface area (Å²) >= 11 is 0. The van der Waals surface area contributed by atoms with Gasteiger partial charge in [-0.3, -0.25) is 5.10 Å². The summed E-state index contributed by atoms with van der Waals surface area (Å²) in [7, 11) is 0. The lowest BCUT2D eigenvalue weighted by atomic mass is 10.1. The molecule has 2 N–H and O–H groups in total. The smallest absolute Gasteiger partial charge is 0.180 e. The third-order valence-electron chi connectivity index (χ3n) is 7.53. The van der Waals surface area contributed by atoms with Crippen molar-refractivity contribution in [2.45, 2.75) is 6.04 Å². The summed E-state index contributed by atoms with van der Waals surface area (Å²) in [6.45, 7) is 3.36. The number of hydrogen-bond acceptors (Lipinski definition) is 8. The molecule has 2 aromatic carbocycles. The van der Waals surface area contributed by atoms with Crippen LogP contribution in [-0.4, -0.2) is 61.8 Å². The van der Waals surface area contributed by atoms with Gasteiger partial charge in [-0.2, -0.15) is 5.10 Å². The van der Waals surface area contributed by atoms with Gasteiger partial charge in [-0.25, -0.2) is 15.0 Å². The van der Waals surface area contributed by atoms with Crippen LogP contribution < -0.4 is 19.9 Å². The molecular weight excluding hydrogens is 490 g/mol. The number of nitrogens with zero attached hydrogens (tertiary/aromatic N) is 7. The molecule has 4 aromatic heterocycles. The topological polar surface area (TPSA) is 99.5 Å². The highest BCUT2D eigenvalue weighted by Gasteiger charge is 2.33. The van der Waals surface area contributed by atoms with Crippen LogP contribution >= 0.6 is 0 Å². The average Bonchev–Trinajstić information content (AvgIpc) is 3.66. The van der Waals surface area contributed by atoms with Crippen molar-refractivity contribution in [3.05, 3.63) is 85.6 Å². The van der Waals surface area contributed by atoms with E-state index in [0.29, 0.717) is 12.4 Å². The molecule has 0 amide bonds. The van der Waals surface area contributed by atoms with Crippen molar-refractivity contribution in [1.82, 2.24) is 29.5 Å². The lowest BCUT2D eigenvalue weighted by molar-refractivity contribution is 0.254. The summed E-state index contributed by atoms with van der Waals surface area (Å²) < 4.78 is 8.26. The number of fused-ring (bicyclic) bond motifs is 5. The molecule has 0 bridgehead atoms. The number of anilines is 4.